The zero-order valence-corrected chi connectivity index (χ0v) is 10.2. The van der Waals surface area contributed by atoms with Crippen LogP contribution in [0.1, 0.15) is 49.7 Å². The molecule has 1 aromatic rings. The number of hydrogen-bond donors (Lipinski definition) is 1. The molecule has 0 aliphatic heterocycles. The fraction of sp³-hybridized carbons (Fsp3) is 0.643. The normalized spacial score (nSPS) is 19.6. The first-order valence-electron chi connectivity index (χ1n) is 6.37. The van der Waals surface area contributed by atoms with Crippen LogP contribution in [0.25, 0.3) is 0 Å². The number of pyridine rings is 1. The second kappa shape index (κ2) is 4.96. The monoisotopic (exact) mass is 218 g/mol. The topological polar surface area (TPSA) is 38.9 Å². The Balaban J connectivity index is 1.91. The van der Waals surface area contributed by atoms with Gasteiger partial charge in [-0.3, -0.25) is 4.98 Å². The molecule has 2 nitrogen and oxygen atoms in total. The third kappa shape index (κ3) is 3.05. The zero-order chi connectivity index (χ0) is 11.4. The molecule has 1 aliphatic rings. The fourth-order valence-corrected chi connectivity index (χ4v) is 2.65. The summed E-state index contributed by atoms with van der Waals surface area (Å²) in [6, 6.07) is 2.22. The third-order valence-corrected chi connectivity index (χ3v) is 3.69. The molecule has 0 spiro atoms. The molecule has 1 heterocycles. The molecule has 1 saturated carbocycles. The maximum Gasteiger partial charge on any atom is 0.0300 e. The predicted molar refractivity (Wildman–Crippen MR) is 67.3 cm³/mol. The average Bonchev–Trinajstić information content (AvgIpc) is 2.28. The van der Waals surface area contributed by atoms with Gasteiger partial charge >= 0.3 is 0 Å². The van der Waals surface area contributed by atoms with Gasteiger partial charge in [-0.2, -0.15) is 0 Å². The van der Waals surface area contributed by atoms with E-state index >= 15 is 0 Å². The average molecular weight is 218 g/mol. The van der Waals surface area contributed by atoms with E-state index in [0.29, 0.717) is 0 Å². The molecular formula is C14H22N2. The van der Waals surface area contributed by atoms with Gasteiger partial charge in [-0.05, 0) is 43.7 Å². The van der Waals surface area contributed by atoms with E-state index in [-0.39, 0.29) is 5.54 Å². The number of nitrogens with two attached hydrogens (primary N) is 1. The summed E-state index contributed by atoms with van der Waals surface area (Å²) in [5.41, 5.74) is 9.10. The molecule has 0 radical (unpaired) electrons. The SMILES string of the molecule is Cc1cncc(CCC2(N)CCCCC2)c1. The highest BCUT2D eigenvalue weighted by Crippen LogP contribution is 2.29. The standard InChI is InChI=1S/C14H22N2/c1-12-9-13(11-16-10-12)5-8-14(15)6-3-2-4-7-14/h9-11H,2-8,15H2,1H3. The summed E-state index contributed by atoms with van der Waals surface area (Å²) >= 11 is 0. The van der Waals surface area contributed by atoms with Crippen molar-refractivity contribution < 1.29 is 0 Å². The number of aromatic nitrogens is 1. The van der Waals surface area contributed by atoms with Crippen molar-refractivity contribution in [2.45, 2.75) is 57.4 Å². The molecule has 2 heteroatoms. The van der Waals surface area contributed by atoms with Crippen molar-refractivity contribution in [2.24, 2.45) is 5.73 Å². The minimum absolute atomic E-state index is 0.0992. The molecule has 2 N–H and O–H groups in total. The van der Waals surface area contributed by atoms with E-state index in [4.69, 9.17) is 5.73 Å². The Kier molecular flexibility index (Phi) is 3.59. The summed E-state index contributed by atoms with van der Waals surface area (Å²) in [5, 5.41) is 0. The Bertz CT molecular complexity index is 340. The third-order valence-electron chi connectivity index (χ3n) is 3.69. The fourth-order valence-electron chi connectivity index (χ4n) is 2.65. The van der Waals surface area contributed by atoms with Crippen molar-refractivity contribution in [3.63, 3.8) is 0 Å². The second-order valence-corrected chi connectivity index (χ2v) is 5.29. The summed E-state index contributed by atoms with van der Waals surface area (Å²) < 4.78 is 0. The molecular weight excluding hydrogens is 196 g/mol. The minimum Gasteiger partial charge on any atom is -0.325 e. The molecule has 16 heavy (non-hydrogen) atoms. The van der Waals surface area contributed by atoms with E-state index in [1.807, 2.05) is 12.4 Å². The van der Waals surface area contributed by atoms with Crippen LogP contribution in [0, 0.1) is 6.92 Å². The zero-order valence-electron chi connectivity index (χ0n) is 10.2. The lowest BCUT2D eigenvalue weighted by Gasteiger charge is -2.33. The van der Waals surface area contributed by atoms with Crippen molar-refractivity contribution in [1.29, 1.82) is 0 Å². The highest BCUT2D eigenvalue weighted by Gasteiger charge is 2.26. The maximum atomic E-state index is 6.42. The summed E-state index contributed by atoms with van der Waals surface area (Å²) in [5.74, 6) is 0. The molecule has 1 fully saturated rings. The van der Waals surface area contributed by atoms with Crippen LogP contribution in [0.15, 0.2) is 18.5 Å². The van der Waals surface area contributed by atoms with E-state index in [1.165, 1.54) is 43.2 Å². The molecule has 88 valence electrons. The first-order valence-corrected chi connectivity index (χ1v) is 6.37. The lowest BCUT2D eigenvalue weighted by Crippen LogP contribution is -2.42. The summed E-state index contributed by atoms with van der Waals surface area (Å²) in [4.78, 5) is 4.23. The van der Waals surface area contributed by atoms with Crippen molar-refractivity contribution in [2.75, 3.05) is 0 Å². The van der Waals surface area contributed by atoms with Crippen LogP contribution in [0.3, 0.4) is 0 Å². The Morgan fingerprint density at radius 1 is 1.25 bits per heavy atom. The molecule has 2 rings (SSSR count). The Morgan fingerprint density at radius 2 is 2.00 bits per heavy atom. The first-order chi connectivity index (χ1) is 7.68. The molecule has 1 aliphatic carbocycles. The van der Waals surface area contributed by atoms with Crippen molar-refractivity contribution in [1.82, 2.24) is 4.98 Å². The highest BCUT2D eigenvalue weighted by molar-refractivity contribution is 5.17. The van der Waals surface area contributed by atoms with Crippen molar-refractivity contribution >= 4 is 0 Å². The largest absolute Gasteiger partial charge is 0.325 e. The second-order valence-electron chi connectivity index (χ2n) is 5.29. The van der Waals surface area contributed by atoms with Crippen LogP contribution in [0.4, 0.5) is 0 Å². The quantitative estimate of drug-likeness (QED) is 0.847. The van der Waals surface area contributed by atoms with Crippen LogP contribution in [0.5, 0.6) is 0 Å². The van der Waals surface area contributed by atoms with Crippen molar-refractivity contribution in [3.8, 4) is 0 Å². The number of aryl methyl sites for hydroxylation is 2. The number of hydrogen-bond acceptors (Lipinski definition) is 2. The lowest BCUT2D eigenvalue weighted by molar-refractivity contribution is 0.278. The summed E-state index contributed by atoms with van der Waals surface area (Å²) in [6.45, 7) is 2.09. The van der Waals surface area contributed by atoms with Gasteiger partial charge < -0.3 is 5.73 Å². The highest BCUT2D eigenvalue weighted by atomic mass is 14.7. The maximum absolute atomic E-state index is 6.42. The molecule has 0 amide bonds. The van der Waals surface area contributed by atoms with E-state index in [0.717, 1.165) is 12.8 Å². The summed E-state index contributed by atoms with van der Waals surface area (Å²) in [6.07, 6.45) is 12.4. The van der Waals surface area contributed by atoms with E-state index in [2.05, 4.69) is 18.0 Å². The van der Waals surface area contributed by atoms with E-state index < -0.39 is 0 Å². The number of rotatable bonds is 3. The predicted octanol–water partition coefficient (Wildman–Crippen LogP) is 2.98. The van der Waals surface area contributed by atoms with E-state index in [9.17, 15) is 0 Å². The molecule has 0 saturated heterocycles. The van der Waals surface area contributed by atoms with Gasteiger partial charge in [0.2, 0.25) is 0 Å². The van der Waals surface area contributed by atoms with Crippen LogP contribution < -0.4 is 5.73 Å². The molecule has 1 aromatic heterocycles. The first kappa shape index (κ1) is 11.6. The Hall–Kier alpha value is -0.890. The van der Waals surface area contributed by atoms with Gasteiger partial charge in [0.25, 0.3) is 0 Å². The van der Waals surface area contributed by atoms with Gasteiger partial charge in [0.05, 0.1) is 0 Å². The molecule has 0 unspecified atom stereocenters. The molecule has 0 atom stereocenters. The van der Waals surface area contributed by atoms with Gasteiger partial charge in [-0.15, -0.1) is 0 Å². The van der Waals surface area contributed by atoms with Gasteiger partial charge in [0.1, 0.15) is 0 Å². The van der Waals surface area contributed by atoms with Gasteiger partial charge in [-0.1, -0.05) is 25.3 Å². The number of nitrogens with zero attached hydrogens (tertiary/aromatic N) is 1. The molecule has 0 aromatic carbocycles. The van der Waals surface area contributed by atoms with Crippen LogP contribution in [-0.2, 0) is 6.42 Å². The minimum atomic E-state index is 0.0992. The van der Waals surface area contributed by atoms with Crippen LogP contribution in [0.2, 0.25) is 0 Å². The van der Waals surface area contributed by atoms with Gasteiger partial charge in [0, 0.05) is 17.9 Å². The Morgan fingerprint density at radius 3 is 2.69 bits per heavy atom. The molecule has 0 bridgehead atoms. The lowest BCUT2D eigenvalue weighted by atomic mass is 9.79. The van der Waals surface area contributed by atoms with Crippen LogP contribution >= 0.6 is 0 Å². The van der Waals surface area contributed by atoms with Gasteiger partial charge in [-0.25, -0.2) is 0 Å². The van der Waals surface area contributed by atoms with Crippen molar-refractivity contribution in [3.05, 3.63) is 29.6 Å². The van der Waals surface area contributed by atoms with E-state index in [1.54, 1.807) is 0 Å². The Labute approximate surface area is 98.3 Å². The van der Waals surface area contributed by atoms with Gasteiger partial charge in [0.15, 0.2) is 0 Å². The van der Waals surface area contributed by atoms with Crippen LogP contribution in [-0.4, -0.2) is 10.5 Å². The summed E-state index contributed by atoms with van der Waals surface area (Å²) in [7, 11) is 0. The smallest absolute Gasteiger partial charge is 0.0300 e.